The Kier molecular flexibility index (Phi) is 8.80. The topological polar surface area (TPSA) is 67.1 Å². The van der Waals surface area contributed by atoms with Crippen molar-refractivity contribution in [3.8, 4) is 0 Å². The summed E-state index contributed by atoms with van der Waals surface area (Å²) >= 11 is 0.961. The summed E-state index contributed by atoms with van der Waals surface area (Å²) in [5.74, 6) is 1.84. The number of rotatable bonds is 6. The van der Waals surface area contributed by atoms with E-state index >= 15 is 0 Å². The lowest BCUT2D eigenvalue weighted by molar-refractivity contribution is -0.140. The van der Waals surface area contributed by atoms with E-state index in [0.717, 1.165) is 29.1 Å². The molecule has 26 heavy (non-hydrogen) atoms. The fourth-order valence-electron chi connectivity index (χ4n) is 2.13. The lowest BCUT2D eigenvalue weighted by Crippen LogP contribution is -2.37. The van der Waals surface area contributed by atoms with Crippen LogP contribution in [0.2, 0.25) is 0 Å². The molecule has 0 atom stereocenters. The number of guanidine groups is 1. The Bertz CT molecular complexity index is 710. The van der Waals surface area contributed by atoms with Gasteiger partial charge in [-0.25, -0.2) is 9.97 Å². The van der Waals surface area contributed by atoms with Crippen molar-refractivity contribution in [2.75, 3.05) is 7.05 Å². The third-order valence-corrected chi connectivity index (χ3v) is 4.10. The molecule has 0 fully saturated rings. The highest BCUT2D eigenvalue weighted by atomic mass is 127. The Morgan fingerprint density at radius 2 is 2.00 bits per heavy atom. The zero-order chi connectivity index (χ0) is 18.4. The van der Waals surface area contributed by atoms with Gasteiger partial charge in [0.2, 0.25) is 0 Å². The van der Waals surface area contributed by atoms with Crippen LogP contribution in [-0.2, 0) is 25.8 Å². The summed E-state index contributed by atoms with van der Waals surface area (Å²) in [6, 6.07) is 0. The molecule has 2 heterocycles. The van der Waals surface area contributed by atoms with Crippen LogP contribution < -0.4 is 10.6 Å². The van der Waals surface area contributed by atoms with E-state index in [4.69, 9.17) is 0 Å². The van der Waals surface area contributed by atoms with Gasteiger partial charge in [-0.3, -0.25) is 4.99 Å². The molecular weight excluding hydrogens is 480 g/mol. The number of nitrogens with zero attached hydrogens (tertiary/aromatic N) is 4. The third-order valence-electron chi connectivity index (χ3n) is 3.25. The first-order valence-corrected chi connectivity index (χ1v) is 8.63. The quantitative estimate of drug-likeness (QED) is 0.361. The van der Waals surface area contributed by atoms with Crippen molar-refractivity contribution in [2.24, 2.45) is 10.9 Å². The molecule has 0 radical (unpaired) electrons. The second kappa shape index (κ2) is 10.1. The van der Waals surface area contributed by atoms with Crippen LogP contribution in [0.3, 0.4) is 0 Å². The Balaban J connectivity index is 0.00000338. The lowest BCUT2D eigenvalue weighted by atomic mass is 10.2. The van der Waals surface area contributed by atoms with E-state index in [0.29, 0.717) is 23.4 Å². The maximum atomic E-state index is 12.6. The number of aromatic nitrogens is 3. The van der Waals surface area contributed by atoms with Gasteiger partial charge in [0, 0.05) is 31.4 Å². The van der Waals surface area contributed by atoms with Gasteiger partial charge in [-0.05, 0) is 5.92 Å². The maximum Gasteiger partial charge on any atom is 0.434 e. The number of halogens is 4. The van der Waals surface area contributed by atoms with Crippen molar-refractivity contribution in [3.05, 3.63) is 34.3 Å². The van der Waals surface area contributed by atoms with Crippen LogP contribution in [0.4, 0.5) is 13.2 Å². The number of nitrogens with one attached hydrogen (secondary N) is 2. The molecule has 0 aliphatic heterocycles. The molecule has 146 valence electrons. The fourth-order valence-corrected chi connectivity index (χ4v) is 2.87. The zero-order valence-electron chi connectivity index (χ0n) is 14.7. The highest BCUT2D eigenvalue weighted by Gasteiger charge is 2.33. The van der Waals surface area contributed by atoms with Gasteiger partial charge in [0.25, 0.3) is 0 Å². The monoisotopic (exact) mass is 502 g/mol. The highest BCUT2D eigenvalue weighted by Crippen LogP contribution is 2.29. The van der Waals surface area contributed by atoms with Crippen LogP contribution in [0.1, 0.15) is 30.4 Å². The zero-order valence-corrected chi connectivity index (χ0v) is 17.8. The minimum Gasteiger partial charge on any atom is -0.350 e. The SMILES string of the molecule is CN=C(NCc1nc(C(F)(F)F)cs1)NCc1nccn1CC(C)C.I. The summed E-state index contributed by atoms with van der Waals surface area (Å²) in [5, 5.41) is 7.41. The van der Waals surface area contributed by atoms with Crippen LogP contribution in [0.15, 0.2) is 22.8 Å². The first-order chi connectivity index (χ1) is 11.8. The van der Waals surface area contributed by atoms with Gasteiger partial charge in [-0.2, -0.15) is 13.2 Å². The molecule has 11 heteroatoms. The molecule has 0 aliphatic rings. The molecule has 0 amide bonds. The number of thiazole rings is 1. The van der Waals surface area contributed by atoms with Crippen molar-refractivity contribution < 1.29 is 13.2 Å². The highest BCUT2D eigenvalue weighted by molar-refractivity contribution is 14.0. The molecule has 0 aliphatic carbocycles. The van der Waals surface area contributed by atoms with E-state index in [1.807, 2.05) is 6.20 Å². The van der Waals surface area contributed by atoms with Crippen molar-refractivity contribution >= 4 is 41.3 Å². The van der Waals surface area contributed by atoms with Gasteiger partial charge in [0.15, 0.2) is 11.7 Å². The molecule has 0 aromatic carbocycles. The van der Waals surface area contributed by atoms with E-state index in [9.17, 15) is 13.2 Å². The summed E-state index contributed by atoms with van der Waals surface area (Å²) in [6.07, 6.45) is -0.757. The molecule has 0 bridgehead atoms. The van der Waals surface area contributed by atoms with E-state index in [1.165, 1.54) is 0 Å². The van der Waals surface area contributed by atoms with Crippen LogP contribution in [0.5, 0.6) is 0 Å². The molecule has 2 N–H and O–H groups in total. The number of imidazole rings is 1. The van der Waals surface area contributed by atoms with Crippen LogP contribution >= 0.6 is 35.3 Å². The average Bonchev–Trinajstić information content (AvgIpc) is 3.16. The van der Waals surface area contributed by atoms with Gasteiger partial charge in [0.05, 0.1) is 13.1 Å². The van der Waals surface area contributed by atoms with E-state index in [1.54, 1.807) is 13.2 Å². The summed E-state index contributed by atoms with van der Waals surface area (Å²) in [5.41, 5.74) is -0.868. The fraction of sp³-hybridized carbons (Fsp3) is 0.533. The average molecular weight is 502 g/mol. The Labute approximate surface area is 171 Å². The molecular formula is C15H22F3IN6S. The number of aliphatic imine (C=N–C) groups is 1. The molecule has 2 rings (SSSR count). The molecule has 2 aromatic heterocycles. The summed E-state index contributed by atoms with van der Waals surface area (Å²) in [6.45, 7) is 5.75. The summed E-state index contributed by atoms with van der Waals surface area (Å²) < 4.78 is 39.7. The number of hydrogen-bond donors (Lipinski definition) is 2. The maximum absolute atomic E-state index is 12.6. The molecule has 0 saturated carbocycles. The van der Waals surface area contributed by atoms with Crippen molar-refractivity contribution in [2.45, 2.75) is 39.7 Å². The number of alkyl halides is 3. The first kappa shape index (κ1) is 22.7. The minimum atomic E-state index is -4.41. The molecule has 0 saturated heterocycles. The first-order valence-electron chi connectivity index (χ1n) is 7.75. The Hall–Kier alpha value is -1.37. The second-order valence-electron chi connectivity index (χ2n) is 5.79. The van der Waals surface area contributed by atoms with E-state index < -0.39 is 11.9 Å². The largest absolute Gasteiger partial charge is 0.434 e. The molecule has 0 unspecified atom stereocenters. The normalized spacial score (nSPS) is 12.2. The van der Waals surface area contributed by atoms with E-state index in [2.05, 4.69) is 44.0 Å². The molecule has 6 nitrogen and oxygen atoms in total. The predicted octanol–water partition coefficient (Wildman–Crippen LogP) is 3.50. The van der Waals surface area contributed by atoms with Gasteiger partial charge >= 0.3 is 6.18 Å². The van der Waals surface area contributed by atoms with Gasteiger partial charge in [0.1, 0.15) is 10.8 Å². The van der Waals surface area contributed by atoms with E-state index in [-0.39, 0.29) is 30.5 Å². The van der Waals surface area contributed by atoms with Crippen molar-refractivity contribution in [1.82, 2.24) is 25.2 Å². The summed E-state index contributed by atoms with van der Waals surface area (Å²) in [7, 11) is 1.60. The van der Waals surface area contributed by atoms with Crippen LogP contribution in [0, 0.1) is 5.92 Å². The standard InChI is InChI=1S/C15H21F3N6S.HI/c1-10(2)8-24-5-4-20-12(24)6-21-14(19-3)22-7-13-23-11(9-25-13)15(16,17)18;/h4-5,9-10H,6-8H2,1-3H3,(H2,19,21,22);1H. The van der Waals surface area contributed by atoms with Gasteiger partial charge in [-0.15, -0.1) is 35.3 Å². The summed E-state index contributed by atoms with van der Waals surface area (Å²) in [4.78, 5) is 11.9. The lowest BCUT2D eigenvalue weighted by Gasteiger charge is -2.13. The Morgan fingerprint density at radius 1 is 1.31 bits per heavy atom. The third kappa shape index (κ3) is 6.74. The number of hydrogen-bond acceptors (Lipinski definition) is 4. The van der Waals surface area contributed by atoms with Gasteiger partial charge < -0.3 is 15.2 Å². The smallest absolute Gasteiger partial charge is 0.350 e. The van der Waals surface area contributed by atoms with Crippen molar-refractivity contribution in [1.29, 1.82) is 0 Å². The molecule has 2 aromatic rings. The minimum absolute atomic E-state index is 0. The van der Waals surface area contributed by atoms with Gasteiger partial charge in [-0.1, -0.05) is 13.8 Å². The predicted molar refractivity (Wildman–Crippen MR) is 107 cm³/mol. The van der Waals surface area contributed by atoms with Crippen LogP contribution in [-0.4, -0.2) is 27.5 Å². The molecule has 0 spiro atoms. The second-order valence-corrected chi connectivity index (χ2v) is 6.74. The van der Waals surface area contributed by atoms with Crippen LogP contribution in [0.25, 0.3) is 0 Å². The Morgan fingerprint density at radius 3 is 2.58 bits per heavy atom. The van der Waals surface area contributed by atoms with Crippen molar-refractivity contribution in [3.63, 3.8) is 0 Å².